The lowest BCUT2D eigenvalue weighted by atomic mass is 10.0. The van der Waals surface area contributed by atoms with Gasteiger partial charge in [-0.1, -0.05) is 24.3 Å². The highest BCUT2D eigenvalue weighted by atomic mass is 19.4. The van der Waals surface area contributed by atoms with Crippen LogP contribution in [0.25, 0.3) is 11.1 Å². The number of ether oxygens (including phenoxy) is 1. The van der Waals surface area contributed by atoms with Crippen molar-refractivity contribution in [2.24, 2.45) is 0 Å². The van der Waals surface area contributed by atoms with Crippen LogP contribution in [0.5, 0.6) is 5.75 Å². The smallest absolute Gasteiger partial charge is 0.416 e. The van der Waals surface area contributed by atoms with Gasteiger partial charge in [-0.3, -0.25) is 0 Å². The van der Waals surface area contributed by atoms with Gasteiger partial charge in [0, 0.05) is 5.56 Å². The zero-order valence-electron chi connectivity index (χ0n) is 10.2. The number of benzene rings is 2. The fourth-order valence-corrected chi connectivity index (χ4v) is 1.87. The summed E-state index contributed by atoms with van der Waals surface area (Å²) in [5.74, 6) is 0.377. The van der Waals surface area contributed by atoms with E-state index in [4.69, 9.17) is 10.5 Å². The molecule has 0 aromatic heterocycles. The minimum atomic E-state index is -4.37. The molecule has 2 rings (SSSR count). The monoisotopic (exact) mass is 267 g/mol. The highest BCUT2D eigenvalue weighted by Gasteiger charge is 2.30. The first-order chi connectivity index (χ1) is 8.93. The molecular weight excluding hydrogens is 255 g/mol. The van der Waals surface area contributed by atoms with Crippen molar-refractivity contribution in [3.05, 3.63) is 48.0 Å². The third-order valence-corrected chi connectivity index (χ3v) is 2.75. The Kier molecular flexibility index (Phi) is 3.38. The van der Waals surface area contributed by atoms with Gasteiger partial charge >= 0.3 is 6.18 Å². The van der Waals surface area contributed by atoms with E-state index in [-0.39, 0.29) is 0 Å². The van der Waals surface area contributed by atoms with Gasteiger partial charge in [-0.15, -0.1) is 0 Å². The summed E-state index contributed by atoms with van der Waals surface area (Å²) in [6.07, 6.45) is -4.37. The quantitative estimate of drug-likeness (QED) is 0.836. The van der Waals surface area contributed by atoms with Crippen LogP contribution in [-0.2, 0) is 6.18 Å². The highest BCUT2D eigenvalue weighted by molar-refractivity contribution is 5.77. The molecule has 0 atom stereocenters. The SMILES string of the molecule is COc1c(N)cccc1-c1cccc(C(F)(F)F)c1. The molecule has 0 saturated heterocycles. The van der Waals surface area contributed by atoms with Crippen molar-refractivity contribution < 1.29 is 17.9 Å². The van der Waals surface area contributed by atoms with Gasteiger partial charge < -0.3 is 10.5 Å². The van der Waals surface area contributed by atoms with E-state index in [2.05, 4.69) is 0 Å². The van der Waals surface area contributed by atoms with Gasteiger partial charge in [0.25, 0.3) is 0 Å². The molecule has 0 unspecified atom stereocenters. The normalized spacial score (nSPS) is 11.4. The Hall–Kier alpha value is -2.17. The first kappa shape index (κ1) is 13.3. The summed E-state index contributed by atoms with van der Waals surface area (Å²) in [5, 5.41) is 0. The van der Waals surface area contributed by atoms with Crippen molar-refractivity contribution in [2.75, 3.05) is 12.8 Å². The van der Waals surface area contributed by atoms with Crippen LogP contribution in [0.15, 0.2) is 42.5 Å². The molecule has 0 fully saturated rings. The van der Waals surface area contributed by atoms with Crippen molar-refractivity contribution in [3.8, 4) is 16.9 Å². The van der Waals surface area contributed by atoms with E-state index in [0.717, 1.165) is 12.1 Å². The first-order valence-corrected chi connectivity index (χ1v) is 5.53. The molecule has 0 bridgehead atoms. The lowest BCUT2D eigenvalue weighted by molar-refractivity contribution is -0.137. The second-order valence-electron chi connectivity index (χ2n) is 4.01. The van der Waals surface area contributed by atoms with E-state index in [9.17, 15) is 13.2 Å². The highest BCUT2D eigenvalue weighted by Crippen LogP contribution is 2.37. The fraction of sp³-hybridized carbons (Fsp3) is 0.143. The number of para-hydroxylation sites is 1. The molecule has 2 aromatic rings. The maximum absolute atomic E-state index is 12.7. The third-order valence-electron chi connectivity index (χ3n) is 2.75. The Labute approximate surface area is 108 Å². The molecular formula is C14H12F3NO. The standard InChI is InChI=1S/C14H12F3NO/c1-19-13-11(6-3-7-12(13)18)9-4-2-5-10(8-9)14(15,16)17/h2-8H,18H2,1H3. The molecule has 100 valence electrons. The van der Waals surface area contributed by atoms with Crippen LogP contribution < -0.4 is 10.5 Å². The van der Waals surface area contributed by atoms with E-state index in [1.807, 2.05) is 0 Å². The van der Waals surface area contributed by atoms with Gasteiger partial charge in [-0.2, -0.15) is 13.2 Å². The number of hydrogen-bond donors (Lipinski definition) is 1. The lowest BCUT2D eigenvalue weighted by Crippen LogP contribution is -2.04. The molecule has 0 saturated carbocycles. The molecule has 0 aliphatic rings. The number of anilines is 1. The molecule has 5 heteroatoms. The van der Waals surface area contributed by atoms with Gasteiger partial charge in [-0.05, 0) is 23.8 Å². The summed E-state index contributed by atoms with van der Waals surface area (Å²) in [6, 6.07) is 10.0. The van der Waals surface area contributed by atoms with E-state index >= 15 is 0 Å². The maximum Gasteiger partial charge on any atom is 0.416 e. The Morgan fingerprint density at radius 2 is 1.74 bits per heavy atom. The molecule has 0 aliphatic heterocycles. The molecule has 2 N–H and O–H groups in total. The number of methoxy groups -OCH3 is 1. The van der Waals surface area contributed by atoms with E-state index in [1.54, 1.807) is 24.3 Å². The van der Waals surface area contributed by atoms with Gasteiger partial charge in [0.15, 0.2) is 0 Å². The molecule has 2 aromatic carbocycles. The summed E-state index contributed by atoms with van der Waals surface area (Å²) in [7, 11) is 1.43. The number of halogens is 3. The Morgan fingerprint density at radius 1 is 1.05 bits per heavy atom. The van der Waals surface area contributed by atoms with Crippen molar-refractivity contribution in [3.63, 3.8) is 0 Å². The van der Waals surface area contributed by atoms with Crippen molar-refractivity contribution in [1.29, 1.82) is 0 Å². The number of nitrogens with two attached hydrogens (primary N) is 1. The molecule has 0 heterocycles. The Bertz CT molecular complexity index is 593. The average Bonchev–Trinajstić information content (AvgIpc) is 2.37. The van der Waals surface area contributed by atoms with Crippen molar-refractivity contribution in [2.45, 2.75) is 6.18 Å². The van der Waals surface area contributed by atoms with Crippen LogP contribution in [-0.4, -0.2) is 7.11 Å². The van der Waals surface area contributed by atoms with Gasteiger partial charge in [0.2, 0.25) is 0 Å². The van der Waals surface area contributed by atoms with E-state index in [1.165, 1.54) is 13.2 Å². The van der Waals surface area contributed by atoms with Crippen LogP contribution in [0.2, 0.25) is 0 Å². The van der Waals surface area contributed by atoms with Crippen LogP contribution in [0.1, 0.15) is 5.56 Å². The zero-order chi connectivity index (χ0) is 14.0. The summed E-state index contributed by atoms with van der Waals surface area (Å²) >= 11 is 0. The first-order valence-electron chi connectivity index (χ1n) is 5.53. The van der Waals surface area contributed by atoms with Gasteiger partial charge in [-0.25, -0.2) is 0 Å². The molecule has 0 spiro atoms. The third kappa shape index (κ3) is 2.65. The summed E-state index contributed by atoms with van der Waals surface area (Å²) in [4.78, 5) is 0. The van der Waals surface area contributed by atoms with E-state index in [0.29, 0.717) is 22.6 Å². The lowest BCUT2D eigenvalue weighted by Gasteiger charge is -2.13. The van der Waals surface area contributed by atoms with Crippen LogP contribution >= 0.6 is 0 Å². The summed E-state index contributed by atoms with van der Waals surface area (Å²) in [6.45, 7) is 0. The molecule has 19 heavy (non-hydrogen) atoms. The predicted molar refractivity (Wildman–Crippen MR) is 67.8 cm³/mol. The Balaban J connectivity index is 2.57. The minimum absolute atomic E-state index is 0.377. The molecule has 0 amide bonds. The number of rotatable bonds is 2. The molecule has 0 radical (unpaired) electrons. The number of hydrogen-bond acceptors (Lipinski definition) is 2. The van der Waals surface area contributed by atoms with Crippen LogP contribution in [0, 0.1) is 0 Å². The minimum Gasteiger partial charge on any atom is -0.494 e. The van der Waals surface area contributed by atoms with Gasteiger partial charge in [0.1, 0.15) is 5.75 Å². The number of alkyl halides is 3. The van der Waals surface area contributed by atoms with Crippen molar-refractivity contribution in [1.82, 2.24) is 0 Å². The summed E-state index contributed by atoms with van der Waals surface area (Å²) in [5.41, 5.74) is 6.38. The largest absolute Gasteiger partial charge is 0.494 e. The zero-order valence-corrected chi connectivity index (χ0v) is 10.2. The second kappa shape index (κ2) is 4.84. The van der Waals surface area contributed by atoms with Crippen molar-refractivity contribution >= 4 is 5.69 Å². The van der Waals surface area contributed by atoms with Crippen LogP contribution in [0.4, 0.5) is 18.9 Å². The predicted octanol–water partition coefficient (Wildman–Crippen LogP) is 3.96. The average molecular weight is 267 g/mol. The second-order valence-corrected chi connectivity index (χ2v) is 4.01. The Morgan fingerprint density at radius 3 is 2.37 bits per heavy atom. The summed E-state index contributed by atoms with van der Waals surface area (Å²) < 4.78 is 43.2. The fourth-order valence-electron chi connectivity index (χ4n) is 1.87. The topological polar surface area (TPSA) is 35.2 Å². The molecule has 2 nitrogen and oxygen atoms in total. The van der Waals surface area contributed by atoms with Gasteiger partial charge in [0.05, 0.1) is 18.4 Å². The van der Waals surface area contributed by atoms with Crippen LogP contribution in [0.3, 0.4) is 0 Å². The molecule has 0 aliphatic carbocycles. The maximum atomic E-state index is 12.7. The van der Waals surface area contributed by atoms with E-state index < -0.39 is 11.7 Å². The number of nitrogen functional groups attached to an aromatic ring is 1.